The van der Waals surface area contributed by atoms with Crippen LogP contribution in [0.4, 0.5) is 19.1 Å². The molecule has 2 saturated heterocycles. The lowest BCUT2D eigenvalue weighted by molar-refractivity contribution is -0.186. The summed E-state index contributed by atoms with van der Waals surface area (Å²) in [4.78, 5) is 21.4. The Hall–Kier alpha value is -2.79. The van der Waals surface area contributed by atoms with Crippen LogP contribution in [0.2, 0.25) is 0 Å². The van der Waals surface area contributed by atoms with Gasteiger partial charge >= 0.3 is 6.18 Å². The van der Waals surface area contributed by atoms with Crippen LogP contribution in [-0.4, -0.2) is 66.1 Å². The summed E-state index contributed by atoms with van der Waals surface area (Å²) >= 11 is 0. The van der Waals surface area contributed by atoms with Gasteiger partial charge in [-0.2, -0.15) is 13.2 Å². The van der Waals surface area contributed by atoms with E-state index in [9.17, 15) is 18.0 Å². The number of fused-ring (bicyclic) bond motifs is 1. The average Bonchev–Trinajstić information content (AvgIpc) is 3.12. The van der Waals surface area contributed by atoms with Crippen LogP contribution < -0.4 is 16.8 Å². The van der Waals surface area contributed by atoms with E-state index in [0.29, 0.717) is 28.4 Å². The summed E-state index contributed by atoms with van der Waals surface area (Å²) in [7, 11) is 2.10. The summed E-state index contributed by atoms with van der Waals surface area (Å²) in [5.74, 6) is -1.71. The first kappa shape index (κ1) is 25.3. The number of hydrogen-bond acceptors (Lipinski definition) is 7. The highest BCUT2D eigenvalue weighted by Crippen LogP contribution is 2.35. The van der Waals surface area contributed by atoms with Gasteiger partial charge in [0.1, 0.15) is 11.1 Å². The van der Waals surface area contributed by atoms with Crippen LogP contribution in [0.1, 0.15) is 54.9 Å². The molecule has 0 radical (unpaired) electrons. The van der Waals surface area contributed by atoms with Crippen LogP contribution in [0.5, 0.6) is 0 Å². The minimum absolute atomic E-state index is 0.0480. The number of alkyl halides is 3. The fourth-order valence-electron chi connectivity index (χ4n) is 5.01. The monoisotopic (exact) mass is 494 g/mol. The Labute approximate surface area is 202 Å². The number of furan rings is 1. The van der Waals surface area contributed by atoms with Crippen LogP contribution in [-0.2, 0) is 0 Å². The number of nitrogen functional groups attached to an aromatic ring is 1. The number of amides is 1. The van der Waals surface area contributed by atoms with Crippen molar-refractivity contribution < 1.29 is 22.4 Å². The largest absolute Gasteiger partial charge is 0.438 e. The van der Waals surface area contributed by atoms with Crippen molar-refractivity contribution >= 4 is 22.9 Å². The van der Waals surface area contributed by atoms with Gasteiger partial charge in [-0.25, -0.2) is 0 Å². The second kappa shape index (κ2) is 9.69. The maximum absolute atomic E-state index is 13.3. The zero-order valence-electron chi connectivity index (χ0n) is 20.3. The van der Waals surface area contributed by atoms with Gasteiger partial charge in [-0.1, -0.05) is 0 Å². The highest BCUT2D eigenvalue weighted by molar-refractivity contribution is 6.09. The molecule has 8 nitrogen and oxygen atoms in total. The van der Waals surface area contributed by atoms with Gasteiger partial charge in [0.15, 0.2) is 5.58 Å². The fraction of sp³-hybridized carbons (Fsp3) is 0.583. The predicted molar refractivity (Wildman–Crippen MR) is 127 cm³/mol. The number of nitrogens with two attached hydrogens (primary N) is 2. The summed E-state index contributed by atoms with van der Waals surface area (Å²) in [6.45, 7) is 5.41. The lowest BCUT2D eigenvalue weighted by Gasteiger charge is -2.39. The van der Waals surface area contributed by atoms with Crippen molar-refractivity contribution in [3.63, 3.8) is 0 Å². The van der Waals surface area contributed by atoms with E-state index in [4.69, 9.17) is 15.9 Å². The number of carbonyl (C=O) groups excluding carboxylic acids is 1. The molecule has 0 spiro atoms. The third kappa shape index (κ3) is 5.40. The molecule has 2 aromatic rings. The molecule has 2 fully saturated rings. The zero-order valence-corrected chi connectivity index (χ0v) is 20.3. The summed E-state index contributed by atoms with van der Waals surface area (Å²) < 4.78 is 45.6. The molecule has 2 aliphatic rings. The second-order valence-electron chi connectivity index (χ2n) is 9.84. The van der Waals surface area contributed by atoms with E-state index >= 15 is 0 Å². The highest BCUT2D eigenvalue weighted by atomic mass is 19.4. The van der Waals surface area contributed by atoms with Gasteiger partial charge in [0.05, 0.1) is 5.92 Å². The number of rotatable bonds is 4. The SMILES string of the molecule is C/C(NC(=O)c1c(N)oc2cc(C3CCN(C)CC3)cnc12)=C(\C)N1C[C@@H](N)C[C@@H](C(F)(F)F)C1. The Bertz CT molecular complexity index is 1120. The van der Waals surface area contributed by atoms with Gasteiger partial charge in [-0.15, -0.1) is 0 Å². The fourth-order valence-corrected chi connectivity index (χ4v) is 5.01. The number of anilines is 1. The van der Waals surface area contributed by atoms with E-state index in [1.54, 1.807) is 24.9 Å². The molecule has 4 rings (SSSR count). The first-order chi connectivity index (χ1) is 16.4. The molecule has 11 heteroatoms. The summed E-state index contributed by atoms with van der Waals surface area (Å²) in [6.07, 6.45) is -0.626. The van der Waals surface area contributed by atoms with Crippen LogP contribution in [0.3, 0.4) is 0 Å². The number of piperidine rings is 2. The topological polar surface area (TPSA) is 114 Å². The van der Waals surface area contributed by atoms with Crippen molar-refractivity contribution in [2.24, 2.45) is 11.7 Å². The molecule has 0 bridgehead atoms. The maximum atomic E-state index is 13.3. The molecular weight excluding hydrogens is 461 g/mol. The predicted octanol–water partition coefficient (Wildman–Crippen LogP) is 3.41. The Morgan fingerprint density at radius 2 is 1.91 bits per heavy atom. The lowest BCUT2D eigenvalue weighted by Crippen LogP contribution is -2.50. The molecule has 2 aromatic heterocycles. The number of halogens is 3. The van der Waals surface area contributed by atoms with E-state index in [2.05, 4.69) is 22.2 Å². The number of allylic oxidation sites excluding steroid dienone is 2. The smallest absolute Gasteiger partial charge is 0.393 e. The molecule has 2 aliphatic heterocycles. The molecule has 35 heavy (non-hydrogen) atoms. The second-order valence-corrected chi connectivity index (χ2v) is 9.84. The first-order valence-corrected chi connectivity index (χ1v) is 11.9. The molecular formula is C24H33F3N6O2. The van der Waals surface area contributed by atoms with Gasteiger partial charge in [-0.05, 0) is 70.8 Å². The molecule has 0 saturated carbocycles. The van der Waals surface area contributed by atoms with Crippen molar-refractivity contribution in [3.8, 4) is 0 Å². The molecule has 1 amide bonds. The third-order valence-electron chi connectivity index (χ3n) is 7.26. The van der Waals surface area contributed by atoms with Gasteiger partial charge in [0.2, 0.25) is 5.88 Å². The Balaban J connectivity index is 1.52. The van der Waals surface area contributed by atoms with Gasteiger partial charge in [0, 0.05) is 36.7 Å². The van der Waals surface area contributed by atoms with E-state index in [1.807, 2.05) is 6.07 Å². The summed E-state index contributed by atoms with van der Waals surface area (Å²) in [5, 5.41) is 2.76. The molecule has 2 atom stereocenters. The Morgan fingerprint density at radius 1 is 1.23 bits per heavy atom. The number of likely N-dealkylation sites (tertiary alicyclic amines) is 2. The molecule has 0 aliphatic carbocycles. The van der Waals surface area contributed by atoms with E-state index in [0.717, 1.165) is 31.5 Å². The van der Waals surface area contributed by atoms with Crippen molar-refractivity contribution in [2.75, 3.05) is 39.0 Å². The number of pyridine rings is 1. The van der Waals surface area contributed by atoms with E-state index < -0.39 is 24.0 Å². The average molecular weight is 495 g/mol. The van der Waals surface area contributed by atoms with Gasteiger partial charge in [0.25, 0.3) is 5.91 Å². The number of nitrogens with zero attached hydrogens (tertiary/aromatic N) is 3. The number of carbonyl (C=O) groups is 1. The Morgan fingerprint density at radius 3 is 2.57 bits per heavy atom. The van der Waals surface area contributed by atoms with Crippen molar-refractivity contribution in [2.45, 2.75) is 51.2 Å². The van der Waals surface area contributed by atoms with Crippen molar-refractivity contribution in [3.05, 3.63) is 34.8 Å². The minimum atomic E-state index is -4.32. The number of nitrogens with one attached hydrogen (secondary N) is 1. The third-order valence-corrected chi connectivity index (χ3v) is 7.26. The number of aromatic nitrogens is 1. The standard InChI is InChI=1S/C24H33F3N6O2/c1-13(14(2)33-11-17(24(25,26)27)9-18(28)12-33)31-23(34)20-21-19(35-22(20)29)8-16(10-30-21)15-4-6-32(3)7-5-15/h8,10,15,17-18H,4-7,9,11-12,28-29H2,1-3H3,(H,31,34)/b14-13-/t17-,18+/m1/s1. The van der Waals surface area contributed by atoms with Gasteiger partial charge < -0.3 is 31.0 Å². The van der Waals surface area contributed by atoms with Crippen LogP contribution in [0, 0.1) is 5.92 Å². The van der Waals surface area contributed by atoms with Crippen LogP contribution in [0.15, 0.2) is 28.1 Å². The molecule has 5 N–H and O–H groups in total. The van der Waals surface area contributed by atoms with Gasteiger partial charge in [-0.3, -0.25) is 9.78 Å². The summed E-state index contributed by atoms with van der Waals surface area (Å²) in [6, 6.07) is 1.29. The molecule has 4 heterocycles. The lowest BCUT2D eigenvalue weighted by atomic mass is 9.90. The highest BCUT2D eigenvalue weighted by Gasteiger charge is 2.44. The minimum Gasteiger partial charge on any atom is -0.438 e. The molecule has 0 aromatic carbocycles. The molecule has 0 unspecified atom stereocenters. The van der Waals surface area contributed by atoms with Crippen LogP contribution in [0.25, 0.3) is 11.1 Å². The molecule has 192 valence electrons. The zero-order chi connectivity index (χ0) is 25.5. The summed E-state index contributed by atoms with van der Waals surface area (Å²) in [5.41, 5.74) is 14.8. The normalized spacial score (nSPS) is 23.5. The Kier molecular flexibility index (Phi) is 7.01. The van der Waals surface area contributed by atoms with Crippen molar-refractivity contribution in [1.82, 2.24) is 20.1 Å². The quantitative estimate of drug-likeness (QED) is 0.597. The van der Waals surface area contributed by atoms with Crippen molar-refractivity contribution in [1.29, 1.82) is 0 Å². The van der Waals surface area contributed by atoms with E-state index in [-0.39, 0.29) is 31.0 Å². The maximum Gasteiger partial charge on any atom is 0.393 e. The van der Waals surface area contributed by atoms with Crippen LogP contribution >= 0.6 is 0 Å². The first-order valence-electron chi connectivity index (χ1n) is 11.9. The van der Waals surface area contributed by atoms with E-state index in [1.165, 1.54) is 0 Å². The number of hydrogen-bond donors (Lipinski definition) is 3.